The monoisotopic (exact) mass is 403 g/mol. The zero-order valence-electron chi connectivity index (χ0n) is 17.3. The van der Waals surface area contributed by atoms with Gasteiger partial charge in [0.25, 0.3) is 0 Å². The van der Waals surface area contributed by atoms with Gasteiger partial charge >= 0.3 is 0 Å². The van der Waals surface area contributed by atoms with Gasteiger partial charge in [0, 0.05) is 11.3 Å². The molecule has 2 aromatic carbocycles. The number of fused-ring (bicyclic) bond motifs is 3. The molecule has 1 saturated carbocycles. The zero-order chi connectivity index (χ0) is 21.0. The minimum atomic E-state index is -0.819. The Morgan fingerprint density at radius 1 is 1.07 bits per heavy atom. The van der Waals surface area contributed by atoms with Gasteiger partial charge in [0.1, 0.15) is 11.3 Å². The van der Waals surface area contributed by atoms with Crippen molar-refractivity contribution < 1.29 is 9.84 Å². The van der Waals surface area contributed by atoms with Crippen molar-refractivity contribution in [1.29, 1.82) is 0 Å². The predicted molar refractivity (Wildman–Crippen MR) is 116 cm³/mol. The lowest BCUT2D eigenvalue weighted by atomic mass is 9.71. The standard InChI is InChI=1S/C23H25N5O2/c1-23(2,29)16-9-7-13(8-10-16)14-11-15(12-14)20-26-21-17-5-4-6-18(30-3)19(17)25-22(24)28(21)27-20/h4-10,14-15,29H,11-12H2,1-3H3,(H2,24,25). The average molecular weight is 403 g/mol. The van der Waals surface area contributed by atoms with Crippen molar-refractivity contribution in [3.05, 3.63) is 59.4 Å². The third-order valence-corrected chi connectivity index (χ3v) is 6.12. The van der Waals surface area contributed by atoms with E-state index in [9.17, 15) is 5.11 Å². The van der Waals surface area contributed by atoms with Crippen LogP contribution in [0.4, 0.5) is 5.95 Å². The van der Waals surface area contributed by atoms with Crippen molar-refractivity contribution in [2.24, 2.45) is 0 Å². The minimum Gasteiger partial charge on any atom is -0.494 e. The van der Waals surface area contributed by atoms with Crippen LogP contribution < -0.4 is 10.5 Å². The summed E-state index contributed by atoms with van der Waals surface area (Å²) >= 11 is 0. The number of methoxy groups -OCH3 is 1. The summed E-state index contributed by atoms with van der Waals surface area (Å²) in [5, 5.41) is 15.7. The molecule has 0 bridgehead atoms. The van der Waals surface area contributed by atoms with Crippen LogP contribution in [-0.2, 0) is 5.60 Å². The molecule has 30 heavy (non-hydrogen) atoms. The number of hydrogen-bond donors (Lipinski definition) is 2. The largest absolute Gasteiger partial charge is 0.494 e. The number of nitrogen functional groups attached to an aromatic ring is 1. The Bertz CT molecular complexity index is 1230. The lowest BCUT2D eigenvalue weighted by molar-refractivity contribution is 0.0785. The van der Waals surface area contributed by atoms with Crippen LogP contribution in [0.25, 0.3) is 16.6 Å². The summed E-state index contributed by atoms with van der Waals surface area (Å²) in [6, 6.07) is 14.0. The van der Waals surface area contributed by atoms with Gasteiger partial charge in [-0.1, -0.05) is 30.3 Å². The third-order valence-electron chi connectivity index (χ3n) is 6.12. The quantitative estimate of drug-likeness (QED) is 0.538. The lowest BCUT2D eigenvalue weighted by Gasteiger charge is -2.34. The van der Waals surface area contributed by atoms with Gasteiger partial charge in [-0.05, 0) is 55.9 Å². The maximum absolute atomic E-state index is 10.1. The van der Waals surface area contributed by atoms with Crippen molar-refractivity contribution in [3.8, 4) is 5.75 Å². The first-order valence-electron chi connectivity index (χ1n) is 10.2. The molecule has 0 saturated heterocycles. The van der Waals surface area contributed by atoms with E-state index >= 15 is 0 Å². The van der Waals surface area contributed by atoms with Crippen LogP contribution in [0.5, 0.6) is 5.75 Å². The van der Waals surface area contributed by atoms with Crippen molar-refractivity contribution in [2.45, 2.75) is 44.1 Å². The summed E-state index contributed by atoms with van der Waals surface area (Å²) in [5.41, 5.74) is 8.97. The Labute approximate surface area is 174 Å². The molecule has 0 radical (unpaired) electrons. The molecule has 7 nitrogen and oxygen atoms in total. The molecule has 1 aliphatic rings. The molecule has 4 aromatic rings. The van der Waals surface area contributed by atoms with Crippen LogP contribution in [0.15, 0.2) is 42.5 Å². The molecular weight excluding hydrogens is 378 g/mol. The summed E-state index contributed by atoms with van der Waals surface area (Å²) in [5.74, 6) is 2.56. The molecule has 0 aliphatic heterocycles. The molecular formula is C23H25N5O2. The smallest absolute Gasteiger partial charge is 0.223 e. The van der Waals surface area contributed by atoms with Crippen LogP contribution in [0.3, 0.4) is 0 Å². The Kier molecular flexibility index (Phi) is 4.18. The Morgan fingerprint density at radius 3 is 2.47 bits per heavy atom. The first-order valence-corrected chi connectivity index (χ1v) is 10.2. The topological polar surface area (TPSA) is 98.6 Å². The van der Waals surface area contributed by atoms with Gasteiger partial charge in [-0.15, -0.1) is 5.10 Å². The predicted octanol–water partition coefficient (Wildman–Crippen LogP) is 3.76. The lowest BCUT2D eigenvalue weighted by Crippen LogP contribution is -2.22. The average Bonchev–Trinajstić information content (AvgIpc) is 3.12. The first kappa shape index (κ1) is 18.8. The number of anilines is 1. The van der Waals surface area contributed by atoms with Gasteiger partial charge in [0.2, 0.25) is 5.95 Å². The van der Waals surface area contributed by atoms with Crippen molar-refractivity contribution in [3.63, 3.8) is 0 Å². The van der Waals surface area contributed by atoms with E-state index in [4.69, 9.17) is 15.5 Å². The molecule has 3 N–H and O–H groups in total. The number of benzene rings is 2. The number of para-hydroxylation sites is 1. The van der Waals surface area contributed by atoms with Crippen molar-refractivity contribution in [1.82, 2.24) is 19.6 Å². The second kappa shape index (κ2) is 6.67. The van der Waals surface area contributed by atoms with E-state index in [2.05, 4.69) is 22.2 Å². The molecule has 7 heteroatoms. The van der Waals surface area contributed by atoms with Crippen LogP contribution in [-0.4, -0.2) is 31.8 Å². The second-order valence-corrected chi connectivity index (χ2v) is 8.58. The van der Waals surface area contributed by atoms with E-state index in [1.54, 1.807) is 25.5 Å². The summed E-state index contributed by atoms with van der Waals surface area (Å²) in [4.78, 5) is 9.29. The SMILES string of the molecule is COc1cccc2c1nc(N)n1nc(C3CC(c4ccc(C(C)(C)O)cc4)C3)nc21. The maximum Gasteiger partial charge on any atom is 0.223 e. The molecule has 1 fully saturated rings. The summed E-state index contributed by atoms with van der Waals surface area (Å²) in [7, 11) is 1.62. The fourth-order valence-corrected chi connectivity index (χ4v) is 4.24. The Balaban J connectivity index is 1.42. The summed E-state index contributed by atoms with van der Waals surface area (Å²) in [6.45, 7) is 3.60. The number of nitrogens with two attached hydrogens (primary N) is 1. The summed E-state index contributed by atoms with van der Waals surface area (Å²) in [6.07, 6.45) is 1.99. The number of ether oxygens (including phenoxy) is 1. The fraction of sp³-hybridized carbons (Fsp3) is 0.348. The third kappa shape index (κ3) is 2.97. The van der Waals surface area contributed by atoms with Gasteiger partial charge in [0.05, 0.1) is 12.7 Å². The van der Waals surface area contributed by atoms with Crippen molar-refractivity contribution >= 4 is 22.5 Å². The Hall–Kier alpha value is -3.19. The van der Waals surface area contributed by atoms with E-state index in [-0.39, 0.29) is 0 Å². The normalized spacial score (nSPS) is 19.2. The van der Waals surface area contributed by atoms with Gasteiger partial charge in [0.15, 0.2) is 11.5 Å². The van der Waals surface area contributed by atoms with Crippen molar-refractivity contribution in [2.75, 3.05) is 12.8 Å². The zero-order valence-corrected chi connectivity index (χ0v) is 17.3. The van der Waals surface area contributed by atoms with E-state index in [1.807, 2.05) is 30.3 Å². The van der Waals surface area contributed by atoms with Crippen LogP contribution in [0, 0.1) is 0 Å². The van der Waals surface area contributed by atoms with E-state index < -0.39 is 5.60 Å². The molecule has 154 valence electrons. The number of nitrogens with zero attached hydrogens (tertiary/aromatic N) is 4. The second-order valence-electron chi connectivity index (χ2n) is 8.58. The van der Waals surface area contributed by atoms with E-state index in [0.29, 0.717) is 34.7 Å². The highest BCUT2D eigenvalue weighted by Crippen LogP contribution is 2.47. The highest BCUT2D eigenvalue weighted by molar-refractivity contribution is 5.95. The van der Waals surface area contributed by atoms with Gasteiger partial charge < -0.3 is 15.6 Å². The maximum atomic E-state index is 10.1. The first-order chi connectivity index (χ1) is 14.3. The number of rotatable bonds is 4. The van der Waals surface area contributed by atoms with Gasteiger partial charge in [-0.25, -0.2) is 9.97 Å². The highest BCUT2D eigenvalue weighted by Gasteiger charge is 2.34. The number of aromatic nitrogens is 4. The molecule has 0 amide bonds. The van der Waals surface area contributed by atoms with E-state index in [0.717, 1.165) is 29.6 Å². The van der Waals surface area contributed by atoms with Gasteiger partial charge in [-0.3, -0.25) is 0 Å². The minimum absolute atomic E-state index is 0.295. The van der Waals surface area contributed by atoms with Crippen LogP contribution >= 0.6 is 0 Å². The van der Waals surface area contributed by atoms with Gasteiger partial charge in [-0.2, -0.15) is 4.52 Å². The molecule has 5 rings (SSSR count). The molecule has 1 aliphatic carbocycles. The summed E-state index contributed by atoms with van der Waals surface area (Å²) < 4.78 is 7.05. The highest BCUT2D eigenvalue weighted by atomic mass is 16.5. The number of aliphatic hydroxyl groups is 1. The number of hydrogen-bond acceptors (Lipinski definition) is 6. The molecule has 0 unspecified atom stereocenters. The molecule has 0 spiro atoms. The molecule has 0 atom stereocenters. The van der Waals surface area contributed by atoms with Crippen LogP contribution in [0.1, 0.15) is 55.5 Å². The van der Waals surface area contributed by atoms with Crippen LogP contribution in [0.2, 0.25) is 0 Å². The Morgan fingerprint density at radius 2 is 1.80 bits per heavy atom. The van der Waals surface area contributed by atoms with E-state index in [1.165, 1.54) is 5.56 Å². The fourth-order valence-electron chi connectivity index (χ4n) is 4.24. The molecule has 2 aromatic heterocycles. The molecule has 2 heterocycles.